The van der Waals surface area contributed by atoms with Crippen molar-refractivity contribution >= 4 is 48.5 Å². The summed E-state index contributed by atoms with van der Waals surface area (Å²) in [5.41, 5.74) is -0.684. The van der Waals surface area contributed by atoms with Gasteiger partial charge in [0.25, 0.3) is 31.2 Å². The smallest absolute Gasteiger partial charge is 0.332 e. The van der Waals surface area contributed by atoms with Crippen LogP contribution in [-0.2, 0) is 0 Å². The van der Waals surface area contributed by atoms with E-state index in [0.717, 1.165) is 0 Å². The third kappa shape index (κ3) is 10.1. The van der Waals surface area contributed by atoms with Gasteiger partial charge in [-0.3, -0.25) is 40.5 Å². The molecule has 1 N–H and O–H groups in total. The molecule has 0 aliphatic carbocycles. The van der Waals surface area contributed by atoms with Gasteiger partial charge in [-0.25, -0.2) is 4.86 Å². The Morgan fingerprint density at radius 2 is 0.917 bits per heavy atom. The Labute approximate surface area is 341 Å². The first-order valence-electron chi connectivity index (χ1n) is 17.0. The van der Waals surface area contributed by atoms with Gasteiger partial charge in [0, 0.05) is 53.1 Å². The molecule has 60 heavy (non-hydrogen) atoms. The standard InChI is InChI=1S/C36H26N7O14P3/c44-38(45)25-9-17-29(18-10-25)52-34-7-4-8-35(36(34)53-30-19-11-26(12-20-30)39(46)47)57-59-37-58-42(54-32-21-13-27(14-22-32)40(48)49)60(43(59)55-31-5-2-1-3-6-31)56-33-23-15-28(16-24-33)41(50)51/h1-24,37,58H. The van der Waals surface area contributed by atoms with Crippen molar-refractivity contribution in [3.63, 3.8) is 0 Å². The maximum Gasteiger partial charge on any atom is 0.332 e. The zero-order valence-corrected chi connectivity index (χ0v) is 32.9. The third-order valence-corrected chi connectivity index (χ3v) is 12.9. The number of benzene rings is 6. The van der Waals surface area contributed by atoms with E-state index in [4.69, 9.17) is 28.2 Å². The summed E-state index contributed by atoms with van der Waals surface area (Å²) in [5.74, 6) is 1.28. The molecule has 3 atom stereocenters. The highest BCUT2D eigenvalue weighted by atomic mass is 31.3. The minimum atomic E-state index is -2.25. The van der Waals surface area contributed by atoms with Gasteiger partial charge in [-0.1, -0.05) is 24.3 Å². The van der Waals surface area contributed by atoms with Crippen LogP contribution in [0.3, 0.4) is 0 Å². The molecule has 1 aliphatic heterocycles. The van der Waals surface area contributed by atoms with Crippen LogP contribution in [0.2, 0.25) is 0 Å². The van der Waals surface area contributed by atoms with Crippen molar-refractivity contribution in [1.82, 2.24) is 14.1 Å². The summed E-state index contributed by atoms with van der Waals surface area (Å²) < 4.78 is 28.3. The lowest BCUT2D eigenvalue weighted by molar-refractivity contribution is -0.385. The molecule has 21 nitrogen and oxygen atoms in total. The number of hydrogen-bond donors (Lipinski definition) is 1. The fraction of sp³-hybridized carbons (Fsp3) is 0. The van der Waals surface area contributed by atoms with Gasteiger partial charge in [-0.2, -0.15) is 0 Å². The lowest BCUT2D eigenvalue weighted by Gasteiger charge is -2.41. The van der Waals surface area contributed by atoms with Crippen LogP contribution >= 0.6 is 25.8 Å². The SMILES string of the molecule is O=[N+]([O-])c1ccc(Oc2cccc(OP3NPN(Oc4ccc([N+](=O)[O-])cc4)P(Oc4ccc([N+](=O)[O-])cc4)N3Oc3ccccc3)c2Oc2ccc([N+](=O)[O-])cc2)cc1. The highest BCUT2D eigenvalue weighted by Crippen LogP contribution is 2.66. The van der Waals surface area contributed by atoms with E-state index in [2.05, 4.69) is 4.86 Å². The summed E-state index contributed by atoms with van der Waals surface area (Å²) in [6.07, 6.45) is 0. The van der Waals surface area contributed by atoms with Gasteiger partial charge in [0.1, 0.15) is 28.7 Å². The molecular weight excluding hydrogens is 847 g/mol. The van der Waals surface area contributed by atoms with Crippen LogP contribution in [0.5, 0.6) is 46.0 Å². The predicted octanol–water partition coefficient (Wildman–Crippen LogP) is 10.5. The van der Waals surface area contributed by atoms with Crippen LogP contribution in [0.15, 0.2) is 146 Å². The van der Waals surface area contributed by atoms with Crippen LogP contribution < -0.4 is 33.1 Å². The molecule has 0 spiro atoms. The molecular formula is C36H26N7O14P3. The van der Waals surface area contributed by atoms with E-state index in [1.54, 1.807) is 48.5 Å². The average Bonchev–Trinajstić information content (AvgIpc) is 3.25. The number of hydrogen-bond acceptors (Lipinski definition) is 17. The Balaban J connectivity index is 1.27. The van der Waals surface area contributed by atoms with E-state index in [1.165, 1.54) is 106 Å². The van der Waals surface area contributed by atoms with E-state index < -0.39 is 45.5 Å². The lowest BCUT2D eigenvalue weighted by atomic mass is 10.2. The molecule has 304 valence electrons. The number of nitro groups is 4. The second-order valence-electron chi connectivity index (χ2n) is 11.7. The molecule has 0 aromatic heterocycles. The minimum absolute atomic E-state index is 0.00201. The van der Waals surface area contributed by atoms with Gasteiger partial charge in [0.15, 0.2) is 11.5 Å². The second kappa shape index (κ2) is 18.6. The van der Waals surface area contributed by atoms with Crippen LogP contribution in [0, 0.1) is 40.5 Å². The summed E-state index contributed by atoms with van der Waals surface area (Å²) in [4.78, 5) is 59.1. The molecule has 1 aliphatic rings. The minimum Gasteiger partial charge on any atom is -0.453 e. The number of nitrogens with zero attached hydrogens (tertiary/aromatic N) is 6. The first kappa shape index (κ1) is 41.1. The zero-order valence-electron chi connectivity index (χ0n) is 30.1. The number of non-ortho nitro benzene ring substituents is 4. The largest absolute Gasteiger partial charge is 0.453 e. The maximum absolute atomic E-state index is 11.4. The third-order valence-electron chi connectivity index (χ3n) is 7.77. The van der Waals surface area contributed by atoms with Crippen molar-refractivity contribution in [1.29, 1.82) is 0 Å². The van der Waals surface area contributed by atoms with Crippen molar-refractivity contribution in [2.45, 2.75) is 0 Å². The summed E-state index contributed by atoms with van der Waals surface area (Å²) >= 11 is 0. The van der Waals surface area contributed by atoms with Crippen LogP contribution in [0.4, 0.5) is 22.7 Å². The topological polar surface area (TPSA) is 246 Å². The van der Waals surface area contributed by atoms with Crippen molar-refractivity contribution in [3.05, 3.63) is 186 Å². The first-order valence-corrected chi connectivity index (χ1v) is 20.3. The molecule has 6 aromatic carbocycles. The van der Waals surface area contributed by atoms with Crippen molar-refractivity contribution in [2.75, 3.05) is 0 Å². The van der Waals surface area contributed by atoms with E-state index >= 15 is 0 Å². The van der Waals surface area contributed by atoms with Gasteiger partial charge in [0.2, 0.25) is 5.75 Å². The molecule has 1 fully saturated rings. The second-order valence-corrected chi connectivity index (χ2v) is 16.5. The molecule has 0 amide bonds. The Bertz CT molecular complexity index is 2490. The molecule has 1 heterocycles. The summed E-state index contributed by atoms with van der Waals surface area (Å²) in [5, 5.41) is 45.4. The first-order chi connectivity index (χ1) is 29.0. The highest BCUT2D eigenvalue weighted by Gasteiger charge is 2.47. The molecule has 7 rings (SSSR count). The summed E-state index contributed by atoms with van der Waals surface area (Å²) in [6.45, 7) is 0. The molecule has 0 bridgehead atoms. The summed E-state index contributed by atoms with van der Waals surface area (Å²) in [7, 11) is -4.81. The maximum atomic E-state index is 11.4. The van der Waals surface area contributed by atoms with Crippen molar-refractivity contribution in [3.8, 4) is 46.0 Å². The van der Waals surface area contributed by atoms with Crippen LogP contribution in [-0.4, -0.2) is 28.9 Å². The number of nitro benzene ring substituents is 4. The van der Waals surface area contributed by atoms with E-state index in [0.29, 0.717) is 5.75 Å². The van der Waals surface area contributed by atoms with Crippen molar-refractivity contribution < 1.29 is 47.9 Å². The van der Waals surface area contributed by atoms with Gasteiger partial charge in [0.05, 0.1) is 28.6 Å². The Morgan fingerprint density at radius 1 is 0.467 bits per heavy atom. The van der Waals surface area contributed by atoms with Crippen LogP contribution in [0.25, 0.3) is 0 Å². The number of nitrogens with one attached hydrogen (secondary N) is 1. The van der Waals surface area contributed by atoms with Crippen molar-refractivity contribution in [2.24, 2.45) is 0 Å². The van der Waals surface area contributed by atoms with Gasteiger partial charge < -0.3 is 28.2 Å². The molecule has 0 saturated carbocycles. The summed E-state index contributed by atoms with van der Waals surface area (Å²) in [6, 6.07) is 34.5. The number of ether oxygens (including phenoxy) is 2. The van der Waals surface area contributed by atoms with Gasteiger partial charge in [-0.05, 0) is 77.4 Å². The lowest BCUT2D eigenvalue weighted by Crippen LogP contribution is -2.37. The van der Waals surface area contributed by atoms with Gasteiger partial charge in [-0.15, -0.1) is 0 Å². The Hall–Kier alpha value is -7.11. The molecule has 0 radical (unpaired) electrons. The monoisotopic (exact) mass is 873 g/mol. The van der Waals surface area contributed by atoms with Gasteiger partial charge >= 0.3 is 8.45 Å². The fourth-order valence-electron chi connectivity index (χ4n) is 4.96. The normalized spacial score (nSPS) is 15.7. The predicted molar refractivity (Wildman–Crippen MR) is 217 cm³/mol. The number of para-hydroxylation sites is 2. The quantitative estimate of drug-likeness (QED) is 0.0539. The van der Waals surface area contributed by atoms with E-state index in [1.807, 2.05) is 0 Å². The van der Waals surface area contributed by atoms with E-state index in [-0.39, 0.29) is 63.0 Å². The zero-order chi connectivity index (χ0) is 42.2. The molecule has 3 unspecified atom stereocenters. The molecule has 6 aromatic rings. The highest BCUT2D eigenvalue weighted by molar-refractivity contribution is 7.74. The average molecular weight is 874 g/mol. The van der Waals surface area contributed by atoms with Crippen LogP contribution in [0.1, 0.15) is 0 Å². The Kier molecular flexibility index (Phi) is 12.8. The Morgan fingerprint density at radius 3 is 1.43 bits per heavy atom. The fourth-order valence-corrected chi connectivity index (χ4v) is 10.5. The molecule has 1 saturated heterocycles. The number of rotatable bonds is 16. The van der Waals surface area contributed by atoms with E-state index in [9.17, 15) is 40.5 Å². The molecule has 24 heteroatoms.